The van der Waals surface area contributed by atoms with Crippen molar-refractivity contribution in [1.29, 1.82) is 0 Å². The van der Waals surface area contributed by atoms with E-state index in [2.05, 4.69) is 5.32 Å². The molecule has 4 N–H and O–H groups in total. The van der Waals surface area contributed by atoms with Gasteiger partial charge in [-0.05, 0) is 42.8 Å². The van der Waals surface area contributed by atoms with Crippen molar-refractivity contribution in [1.82, 2.24) is 5.32 Å². The van der Waals surface area contributed by atoms with Crippen LogP contribution in [0.5, 0.6) is 0 Å². The minimum atomic E-state index is -0.660. The summed E-state index contributed by atoms with van der Waals surface area (Å²) in [5.74, 6) is 0.382. The first kappa shape index (κ1) is 13.6. The molecule has 1 unspecified atom stereocenters. The highest BCUT2D eigenvalue weighted by Gasteiger charge is 2.09. The van der Waals surface area contributed by atoms with Gasteiger partial charge in [-0.2, -0.15) is 0 Å². The summed E-state index contributed by atoms with van der Waals surface area (Å²) in [7, 11) is 0. The molecule has 0 saturated carbocycles. The van der Waals surface area contributed by atoms with Crippen LogP contribution >= 0.6 is 0 Å². The van der Waals surface area contributed by atoms with Crippen LogP contribution in [0.1, 0.15) is 23.8 Å². The van der Waals surface area contributed by atoms with Gasteiger partial charge in [0.1, 0.15) is 11.6 Å². The molecule has 1 aromatic heterocycles. The average molecular weight is 264 g/mol. The van der Waals surface area contributed by atoms with Crippen LogP contribution in [0.15, 0.2) is 41.0 Å². The molecule has 0 fully saturated rings. The zero-order valence-electron chi connectivity index (χ0n) is 10.5. The third-order valence-corrected chi connectivity index (χ3v) is 2.88. The first-order valence-corrected chi connectivity index (χ1v) is 6.13. The number of halogens is 1. The van der Waals surface area contributed by atoms with Gasteiger partial charge in [0.05, 0.1) is 24.6 Å². The van der Waals surface area contributed by atoms with E-state index >= 15 is 0 Å². The number of aliphatic hydroxyl groups excluding tert-OH is 1. The Hall–Kier alpha value is -1.85. The number of nitrogens with one attached hydrogen (secondary N) is 1. The van der Waals surface area contributed by atoms with Crippen LogP contribution in [0.2, 0.25) is 0 Å². The molecular weight excluding hydrogens is 247 g/mol. The third-order valence-electron chi connectivity index (χ3n) is 2.88. The Labute approximate surface area is 111 Å². The molecule has 0 aliphatic carbocycles. The van der Waals surface area contributed by atoms with E-state index in [4.69, 9.17) is 10.2 Å². The molecule has 0 bridgehead atoms. The molecule has 0 radical (unpaired) electrons. The topological polar surface area (TPSA) is 71.4 Å². The van der Waals surface area contributed by atoms with Crippen molar-refractivity contribution in [3.05, 3.63) is 53.7 Å². The van der Waals surface area contributed by atoms with Gasteiger partial charge in [-0.3, -0.25) is 0 Å². The molecule has 2 rings (SSSR count). The fourth-order valence-electron chi connectivity index (χ4n) is 1.80. The Morgan fingerprint density at radius 2 is 2.21 bits per heavy atom. The first-order chi connectivity index (χ1) is 9.16. The van der Waals surface area contributed by atoms with Crippen LogP contribution in [0, 0.1) is 5.82 Å². The molecule has 0 spiro atoms. The summed E-state index contributed by atoms with van der Waals surface area (Å²) in [4.78, 5) is 0. The maximum atomic E-state index is 13.0. The summed E-state index contributed by atoms with van der Waals surface area (Å²) < 4.78 is 18.2. The molecule has 19 heavy (non-hydrogen) atoms. The lowest BCUT2D eigenvalue weighted by molar-refractivity contribution is 0.166. The van der Waals surface area contributed by atoms with Gasteiger partial charge in [-0.15, -0.1) is 0 Å². The van der Waals surface area contributed by atoms with Gasteiger partial charge in [0.2, 0.25) is 0 Å². The molecule has 0 aliphatic rings. The Balaban J connectivity index is 1.77. The van der Waals surface area contributed by atoms with Crippen molar-refractivity contribution in [3.8, 4) is 0 Å². The summed E-state index contributed by atoms with van der Waals surface area (Å²) in [5.41, 5.74) is 6.14. The van der Waals surface area contributed by atoms with Crippen LogP contribution < -0.4 is 11.1 Å². The van der Waals surface area contributed by atoms with Gasteiger partial charge in [0, 0.05) is 0 Å². The fraction of sp³-hybridized carbons (Fsp3) is 0.286. The second kappa shape index (κ2) is 6.36. The van der Waals surface area contributed by atoms with Crippen LogP contribution in [-0.4, -0.2) is 11.7 Å². The number of aliphatic hydroxyl groups is 1. The maximum absolute atomic E-state index is 13.0. The largest absolute Gasteiger partial charge is 0.468 e. The van der Waals surface area contributed by atoms with Crippen molar-refractivity contribution < 1.29 is 13.9 Å². The molecule has 102 valence electrons. The predicted octanol–water partition coefficient (Wildman–Crippen LogP) is 2.21. The van der Waals surface area contributed by atoms with Gasteiger partial charge >= 0.3 is 0 Å². The summed E-state index contributed by atoms with van der Waals surface area (Å²) in [6, 6.07) is 7.98. The quantitative estimate of drug-likeness (QED) is 0.552. The van der Waals surface area contributed by atoms with E-state index in [-0.39, 0.29) is 5.69 Å². The maximum Gasteiger partial charge on any atom is 0.146 e. The van der Waals surface area contributed by atoms with Crippen molar-refractivity contribution in [3.63, 3.8) is 0 Å². The third kappa shape index (κ3) is 3.81. The van der Waals surface area contributed by atoms with E-state index in [1.807, 2.05) is 12.1 Å². The second-order valence-corrected chi connectivity index (χ2v) is 4.34. The van der Waals surface area contributed by atoms with Crippen LogP contribution in [0.4, 0.5) is 10.1 Å². The lowest BCUT2D eigenvalue weighted by Gasteiger charge is -2.12. The smallest absolute Gasteiger partial charge is 0.146 e. The molecule has 1 atom stereocenters. The van der Waals surface area contributed by atoms with Crippen molar-refractivity contribution in [2.75, 3.05) is 12.3 Å². The van der Waals surface area contributed by atoms with Gasteiger partial charge in [0.15, 0.2) is 0 Å². The number of anilines is 1. The van der Waals surface area contributed by atoms with Crippen LogP contribution in [-0.2, 0) is 6.54 Å². The number of hydrogen-bond donors (Lipinski definition) is 3. The minimum absolute atomic E-state index is 0.0556. The average Bonchev–Trinajstić information content (AvgIpc) is 2.91. The lowest BCUT2D eigenvalue weighted by atomic mass is 10.1. The van der Waals surface area contributed by atoms with E-state index < -0.39 is 11.9 Å². The molecule has 1 aromatic carbocycles. The molecule has 4 nitrogen and oxygen atoms in total. The van der Waals surface area contributed by atoms with Crippen LogP contribution in [0.3, 0.4) is 0 Å². The molecule has 1 heterocycles. The number of rotatable bonds is 6. The van der Waals surface area contributed by atoms with Crippen molar-refractivity contribution >= 4 is 5.69 Å². The SMILES string of the molecule is Nc1cc(C(O)CCNCc2ccco2)ccc1F. The Morgan fingerprint density at radius 1 is 1.37 bits per heavy atom. The highest BCUT2D eigenvalue weighted by molar-refractivity contribution is 5.43. The van der Waals surface area contributed by atoms with E-state index in [9.17, 15) is 9.50 Å². The van der Waals surface area contributed by atoms with E-state index in [1.54, 1.807) is 12.3 Å². The molecule has 0 amide bonds. The van der Waals surface area contributed by atoms with Gasteiger partial charge in [-0.1, -0.05) is 6.07 Å². The Bertz CT molecular complexity index is 514. The minimum Gasteiger partial charge on any atom is -0.468 e. The standard InChI is InChI=1S/C14H17FN2O2/c15-12-4-3-10(8-13(12)16)14(18)5-6-17-9-11-2-1-7-19-11/h1-4,7-8,14,17-18H,5-6,9,16H2. The zero-order chi connectivity index (χ0) is 13.7. The van der Waals surface area contributed by atoms with Crippen LogP contribution in [0.25, 0.3) is 0 Å². The van der Waals surface area contributed by atoms with Crippen molar-refractivity contribution in [2.24, 2.45) is 0 Å². The Morgan fingerprint density at radius 3 is 2.89 bits per heavy atom. The fourth-order valence-corrected chi connectivity index (χ4v) is 1.80. The molecule has 2 aromatic rings. The number of benzene rings is 1. The summed E-state index contributed by atoms with van der Waals surface area (Å²) in [6.07, 6.45) is 1.48. The summed E-state index contributed by atoms with van der Waals surface area (Å²) >= 11 is 0. The summed E-state index contributed by atoms with van der Waals surface area (Å²) in [6.45, 7) is 1.24. The molecule has 0 aliphatic heterocycles. The monoisotopic (exact) mass is 264 g/mol. The number of nitrogens with two attached hydrogens (primary N) is 1. The number of hydrogen-bond acceptors (Lipinski definition) is 4. The number of nitrogen functional groups attached to an aromatic ring is 1. The zero-order valence-corrected chi connectivity index (χ0v) is 10.5. The van der Waals surface area contributed by atoms with E-state index in [0.717, 1.165) is 5.76 Å². The molecular formula is C14H17FN2O2. The van der Waals surface area contributed by atoms with E-state index in [1.165, 1.54) is 12.1 Å². The Kier molecular flexibility index (Phi) is 4.54. The predicted molar refractivity (Wildman–Crippen MR) is 70.8 cm³/mol. The van der Waals surface area contributed by atoms with Crippen molar-refractivity contribution in [2.45, 2.75) is 19.1 Å². The molecule has 0 saturated heterocycles. The second-order valence-electron chi connectivity index (χ2n) is 4.34. The highest BCUT2D eigenvalue weighted by Crippen LogP contribution is 2.20. The summed E-state index contributed by atoms with van der Waals surface area (Å²) in [5, 5.41) is 13.1. The van der Waals surface area contributed by atoms with Gasteiger partial charge in [0.25, 0.3) is 0 Å². The molecule has 5 heteroatoms. The van der Waals surface area contributed by atoms with Gasteiger partial charge < -0.3 is 20.6 Å². The first-order valence-electron chi connectivity index (χ1n) is 6.13. The number of furan rings is 1. The van der Waals surface area contributed by atoms with E-state index in [0.29, 0.717) is 25.1 Å². The lowest BCUT2D eigenvalue weighted by Crippen LogP contribution is -2.17. The van der Waals surface area contributed by atoms with Gasteiger partial charge in [-0.25, -0.2) is 4.39 Å². The highest BCUT2D eigenvalue weighted by atomic mass is 19.1. The normalized spacial score (nSPS) is 12.5.